The van der Waals surface area contributed by atoms with Crippen molar-refractivity contribution >= 4 is 5.97 Å². The fourth-order valence-corrected chi connectivity index (χ4v) is 1.73. The Morgan fingerprint density at radius 2 is 2.08 bits per heavy atom. The molecule has 13 heavy (non-hydrogen) atoms. The van der Waals surface area contributed by atoms with Crippen molar-refractivity contribution in [3.8, 4) is 0 Å². The summed E-state index contributed by atoms with van der Waals surface area (Å²) < 4.78 is 10.4. The minimum absolute atomic E-state index is 0.00921. The number of ether oxygens (including phenoxy) is 2. The molecule has 1 rings (SSSR count). The van der Waals surface area contributed by atoms with Gasteiger partial charge in [0.25, 0.3) is 0 Å². The largest absolute Gasteiger partial charge is 0.469 e. The third kappa shape index (κ3) is 2.02. The molecule has 0 saturated carbocycles. The van der Waals surface area contributed by atoms with E-state index in [0.29, 0.717) is 0 Å². The number of carbonyl (C=O) groups excluding carboxylic acids is 1. The summed E-state index contributed by atoms with van der Waals surface area (Å²) in [4.78, 5) is 11.4. The molecule has 1 saturated heterocycles. The van der Waals surface area contributed by atoms with Gasteiger partial charge in [-0.15, -0.1) is 0 Å². The van der Waals surface area contributed by atoms with Crippen LogP contribution in [-0.2, 0) is 14.3 Å². The van der Waals surface area contributed by atoms with Gasteiger partial charge in [-0.05, 0) is 33.6 Å². The maximum absolute atomic E-state index is 11.4. The van der Waals surface area contributed by atoms with Gasteiger partial charge >= 0.3 is 5.97 Å². The van der Waals surface area contributed by atoms with Crippen LogP contribution in [0.5, 0.6) is 0 Å². The second kappa shape index (κ2) is 3.66. The van der Waals surface area contributed by atoms with Crippen molar-refractivity contribution < 1.29 is 14.3 Å². The van der Waals surface area contributed by atoms with Gasteiger partial charge in [0.1, 0.15) is 0 Å². The van der Waals surface area contributed by atoms with Crippen LogP contribution in [-0.4, -0.2) is 25.3 Å². The van der Waals surface area contributed by atoms with Crippen LogP contribution in [0.15, 0.2) is 0 Å². The number of methoxy groups -OCH3 is 1. The number of esters is 1. The molecule has 0 aromatic carbocycles. The van der Waals surface area contributed by atoms with E-state index in [1.54, 1.807) is 0 Å². The Morgan fingerprint density at radius 1 is 1.46 bits per heavy atom. The first-order valence-electron chi connectivity index (χ1n) is 4.72. The molecule has 0 aromatic heterocycles. The van der Waals surface area contributed by atoms with E-state index in [0.717, 1.165) is 12.8 Å². The van der Waals surface area contributed by atoms with Gasteiger partial charge in [0, 0.05) is 0 Å². The molecule has 0 aromatic rings. The molecule has 0 unspecified atom stereocenters. The van der Waals surface area contributed by atoms with Gasteiger partial charge in [-0.2, -0.15) is 0 Å². The van der Waals surface area contributed by atoms with E-state index < -0.39 is 5.41 Å². The highest BCUT2D eigenvalue weighted by Crippen LogP contribution is 2.34. The number of carbonyl (C=O) groups is 1. The number of hydrogen-bond acceptors (Lipinski definition) is 3. The second-order valence-corrected chi connectivity index (χ2v) is 4.23. The minimum Gasteiger partial charge on any atom is -0.469 e. The summed E-state index contributed by atoms with van der Waals surface area (Å²) in [6.45, 7) is 5.79. The monoisotopic (exact) mass is 186 g/mol. The number of hydrogen-bond donors (Lipinski definition) is 0. The van der Waals surface area contributed by atoms with E-state index in [1.807, 2.05) is 20.8 Å². The quantitative estimate of drug-likeness (QED) is 0.616. The summed E-state index contributed by atoms with van der Waals surface area (Å²) in [6.07, 6.45) is 2.26. The van der Waals surface area contributed by atoms with E-state index in [1.165, 1.54) is 7.11 Å². The Morgan fingerprint density at radius 3 is 2.46 bits per heavy atom. The van der Waals surface area contributed by atoms with Crippen LogP contribution in [0.1, 0.15) is 33.6 Å². The first kappa shape index (κ1) is 10.5. The molecule has 76 valence electrons. The minimum atomic E-state index is -0.514. The fraction of sp³-hybridized carbons (Fsp3) is 0.900. The first-order valence-corrected chi connectivity index (χ1v) is 4.72. The van der Waals surface area contributed by atoms with Crippen molar-refractivity contribution in [2.24, 2.45) is 5.41 Å². The van der Waals surface area contributed by atoms with Crippen LogP contribution in [0.25, 0.3) is 0 Å². The average molecular weight is 186 g/mol. The molecule has 0 bridgehead atoms. The lowest BCUT2D eigenvalue weighted by Crippen LogP contribution is -2.38. The Labute approximate surface area is 79.4 Å². The first-order chi connectivity index (χ1) is 5.98. The zero-order valence-corrected chi connectivity index (χ0v) is 8.79. The molecule has 1 aliphatic rings. The highest BCUT2D eigenvalue weighted by Gasteiger charge is 2.42. The average Bonchev–Trinajstić information content (AvgIpc) is 2.50. The molecule has 0 amide bonds. The van der Waals surface area contributed by atoms with Crippen molar-refractivity contribution in [2.75, 3.05) is 7.11 Å². The summed E-state index contributed by atoms with van der Waals surface area (Å²) in [5.41, 5.74) is -0.514. The highest BCUT2D eigenvalue weighted by atomic mass is 16.5. The molecule has 0 radical (unpaired) electrons. The van der Waals surface area contributed by atoms with Gasteiger partial charge < -0.3 is 9.47 Å². The van der Waals surface area contributed by atoms with Gasteiger partial charge in [-0.1, -0.05) is 0 Å². The summed E-state index contributed by atoms with van der Waals surface area (Å²) >= 11 is 0. The van der Waals surface area contributed by atoms with Crippen LogP contribution < -0.4 is 0 Å². The lowest BCUT2D eigenvalue weighted by molar-refractivity contribution is -0.159. The van der Waals surface area contributed by atoms with Crippen molar-refractivity contribution in [1.82, 2.24) is 0 Å². The molecule has 0 N–H and O–H groups in total. The molecular weight excluding hydrogens is 168 g/mol. The SMILES string of the molecule is COC(=O)C(C)(C)[C@H]1CC[C@H](C)O1. The van der Waals surface area contributed by atoms with Crippen LogP contribution in [0.3, 0.4) is 0 Å². The normalized spacial score (nSPS) is 28.9. The van der Waals surface area contributed by atoms with Crippen LogP contribution in [0.2, 0.25) is 0 Å². The summed E-state index contributed by atoms with van der Waals surface area (Å²) in [6, 6.07) is 0. The van der Waals surface area contributed by atoms with E-state index >= 15 is 0 Å². The van der Waals surface area contributed by atoms with Crippen molar-refractivity contribution in [2.45, 2.75) is 45.8 Å². The summed E-state index contributed by atoms with van der Waals surface area (Å²) in [5, 5.41) is 0. The molecule has 2 atom stereocenters. The molecule has 1 heterocycles. The van der Waals surface area contributed by atoms with Crippen molar-refractivity contribution in [3.05, 3.63) is 0 Å². The standard InChI is InChI=1S/C10H18O3/c1-7-5-6-8(13-7)10(2,3)9(11)12-4/h7-8H,5-6H2,1-4H3/t7-,8+/m0/s1. The van der Waals surface area contributed by atoms with Gasteiger partial charge in [0.15, 0.2) is 0 Å². The predicted molar refractivity (Wildman–Crippen MR) is 49.4 cm³/mol. The highest BCUT2D eigenvalue weighted by molar-refractivity contribution is 5.76. The molecule has 0 aliphatic carbocycles. The van der Waals surface area contributed by atoms with E-state index in [-0.39, 0.29) is 18.2 Å². The molecule has 1 fully saturated rings. The van der Waals surface area contributed by atoms with Crippen LogP contribution in [0.4, 0.5) is 0 Å². The van der Waals surface area contributed by atoms with E-state index in [4.69, 9.17) is 9.47 Å². The Bertz CT molecular complexity index is 198. The lowest BCUT2D eigenvalue weighted by Gasteiger charge is -2.28. The fourth-order valence-electron chi connectivity index (χ4n) is 1.73. The second-order valence-electron chi connectivity index (χ2n) is 4.23. The predicted octanol–water partition coefficient (Wildman–Crippen LogP) is 1.75. The zero-order valence-electron chi connectivity index (χ0n) is 8.79. The molecular formula is C10H18O3. The maximum Gasteiger partial charge on any atom is 0.313 e. The third-order valence-corrected chi connectivity index (χ3v) is 2.75. The van der Waals surface area contributed by atoms with E-state index in [2.05, 4.69) is 0 Å². The topological polar surface area (TPSA) is 35.5 Å². The van der Waals surface area contributed by atoms with Crippen LogP contribution in [0, 0.1) is 5.41 Å². The Kier molecular flexibility index (Phi) is 2.96. The molecule has 3 heteroatoms. The van der Waals surface area contributed by atoms with Gasteiger partial charge in [0.05, 0.1) is 24.7 Å². The van der Waals surface area contributed by atoms with Crippen LogP contribution >= 0.6 is 0 Å². The Hall–Kier alpha value is -0.570. The molecule has 1 aliphatic heterocycles. The van der Waals surface area contributed by atoms with Gasteiger partial charge in [0.2, 0.25) is 0 Å². The number of rotatable bonds is 2. The van der Waals surface area contributed by atoms with Gasteiger partial charge in [-0.3, -0.25) is 4.79 Å². The lowest BCUT2D eigenvalue weighted by atomic mass is 9.85. The summed E-state index contributed by atoms with van der Waals surface area (Å²) in [5.74, 6) is -0.188. The zero-order chi connectivity index (χ0) is 10.1. The maximum atomic E-state index is 11.4. The summed E-state index contributed by atoms with van der Waals surface area (Å²) in [7, 11) is 1.42. The van der Waals surface area contributed by atoms with Gasteiger partial charge in [-0.25, -0.2) is 0 Å². The van der Waals surface area contributed by atoms with Crippen molar-refractivity contribution in [1.29, 1.82) is 0 Å². The molecule has 0 spiro atoms. The van der Waals surface area contributed by atoms with E-state index in [9.17, 15) is 4.79 Å². The van der Waals surface area contributed by atoms with Crippen molar-refractivity contribution in [3.63, 3.8) is 0 Å². The smallest absolute Gasteiger partial charge is 0.313 e. The third-order valence-electron chi connectivity index (χ3n) is 2.75. The molecule has 3 nitrogen and oxygen atoms in total. The Balaban J connectivity index is 2.64.